The fourth-order valence-corrected chi connectivity index (χ4v) is 2.39. The molecule has 0 amide bonds. The van der Waals surface area contributed by atoms with Gasteiger partial charge in [-0.15, -0.1) is 0 Å². The lowest BCUT2D eigenvalue weighted by atomic mass is 10.2. The molecule has 0 saturated heterocycles. The highest BCUT2D eigenvalue weighted by Gasteiger charge is 2.17. The fourth-order valence-electron chi connectivity index (χ4n) is 2.39. The molecule has 3 rings (SSSR count). The van der Waals surface area contributed by atoms with Gasteiger partial charge < -0.3 is 19.4 Å². The van der Waals surface area contributed by atoms with Crippen LogP contribution in [-0.2, 0) is 13.0 Å². The summed E-state index contributed by atoms with van der Waals surface area (Å²) in [6, 6.07) is 5.99. The zero-order valence-corrected chi connectivity index (χ0v) is 11.3. The van der Waals surface area contributed by atoms with Crippen LogP contribution in [0.4, 0.5) is 0 Å². The van der Waals surface area contributed by atoms with E-state index in [4.69, 9.17) is 14.7 Å². The van der Waals surface area contributed by atoms with E-state index in [1.807, 2.05) is 23.7 Å². The van der Waals surface area contributed by atoms with Crippen molar-refractivity contribution in [2.75, 3.05) is 26.8 Å². The molecule has 20 heavy (non-hydrogen) atoms. The van der Waals surface area contributed by atoms with Crippen molar-refractivity contribution in [2.24, 2.45) is 0 Å². The van der Waals surface area contributed by atoms with E-state index in [-0.39, 0.29) is 6.54 Å². The normalized spacial score (nSPS) is 13.4. The first-order chi connectivity index (χ1) is 9.83. The number of nitrogens with zero attached hydrogens (tertiary/aromatic N) is 3. The van der Waals surface area contributed by atoms with Crippen LogP contribution in [-0.4, -0.2) is 36.4 Å². The number of nitrogens with one attached hydrogen (secondary N) is 1. The number of imidazole rings is 1. The average Bonchev–Trinajstić information content (AvgIpc) is 2.80. The summed E-state index contributed by atoms with van der Waals surface area (Å²) in [4.78, 5) is 4.61. The summed E-state index contributed by atoms with van der Waals surface area (Å²) in [6.07, 6.45) is 0.777. The Morgan fingerprint density at radius 1 is 1.35 bits per heavy atom. The zero-order valence-electron chi connectivity index (χ0n) is 11.3. The average molecular weight is 272 g/mol. The summed E-state index contributed by atoms with van der Waals surface area (Å²) in [5.74, 6) is 2.35. The van der Waals surface area contributed by atoms with Gasteiger partial charge in [0.05, 0.1) is 17.1 Å². The molecule has 2 heterocycles. The van der Waals surface area contributed by atoms with Crippen LogP contribution in [0.5, 0.6) is 11.5 Å². The molecule has 6 heteroatoms. The van der Waals surface area contributed by atoms with Crippen LogP contribution in [0.2, 0.25) is 0 Å². The van der Waals surface area contributed by atoms with Crippen molar-refractivity contribution >= 4 is 11.0 Å². The van der Waals surface area contributed by atoms with E-state index >= 15 is 0 Å². The van der Waals surface area contributed by atoms with Gasteiger partial charge in [-0.2, -0.15) is 5.26 Å². The molecule has 0 unspecified atom stereocenters. The third-order valence-electron chi connectivity index (χ3n) is 3.32. The Kier molecular flexibility index (Phi) is 3.44. The van der Waals surface area contributed by atoms with Gasteiger partial charge in [-0.1, -0.05) is 0 Å². The van der Waals surface area contributed by atoms with Gasteiger partial charge >= 0.3 is 0 Å². The van der Waals surface area contributed by atoms with E-state index in [9.17, 15) is 0 Å². The molecular formula is C14H16N4O2. The van der Waals surface area contributed by atoms with E-state index in [1.165, 1.54) is 0 Å². The molecule has 0 aliphatic carbocycles. The summed E-state index contributed by atoms with van der Waals surface area (Å²) in [7, 11) is 1.90. The molecule has 1 aromatic heterocycles. The maximum absolute atomic E-state index is 9.02. The highest BCUT2D eigenvalue weighted by atomic mass is 16.6. The standard InChI is InChI=1S/C14H16N4O2/c1-16-4-2-14-17-10-8-12-13(20-7-6-19-12)9-11(10)18(14)5-3-15/h8-9,16H,2,4-7H2,1H3. The minimum absolute atomic E-state index is 0.287. The Labute approximate surface area is 116 Å². The predicted molar refractivity (Wildman–Crippen MR) is 74.0 cm³/mol. The second-order valence-electron chi connectivity index (χ2n) is 4.61. The summed E-state index contributed by atoms with van der Waals surface area (Å²) in [6.45, 7) is 2.22. The Morgan fingerprint density at radius 2 is 2.10 bits per heavy atom. The summed E-state index contributed by atoms with van der Waals surface area (Å²) in [5.41, 5.74) is 1.76. The first-order valence-corrected chi connectivity index (χ1v) is 6.64. The quantitative estimate of drug-likeness (QED) is 0.902. The fraction of sp³-hybridized carbons (Fsp3) is 0.429. The maximum Gasteiger partial charge on any atom is 0.163 e. The van der Waals surface area contributed by atoms with E-state index in [0.29, 0.717) is 13.2 Å². The van der Waals surface area contributed by atoms with Crippen molar-refractivity contribution in [1.29, 1.82) is 5.26 Å². The van der Waals surface area contributed by atoms with Crippen molar-refractivity contribution in [3.63, 3.8) is 0 Å². The third-order valence-corrected chi connectivity index (χ3v) is 3.32. The molecule has 104 valence electrons. The number of aromatic nitrogens is 2. The molecule has 2 aromatic rings. The molecule has 0 atom stereocenters. The van der Waals surface area contributed by atoms with Gasteiger partial charge in [-0.3, -0.25) is 0 Å². The molecule has 1 aliphatic rings. The van der Waals surface area contributed by atoms with Crippen molar-refractivity contribution in [3.05, 3.63) is 18.0 Å². The van der Waals surface area contributed by atoms with Crippen LogP contribution >= 0.6 is 0 Å². The highest BCUT2D eigenvalue weighted by Crippen LogP contribution is 2.34. The van der Waals surface area contributed by atoms with Gasteiger partial charge in [-0.05, 0) is 7.05 Å². The van der Waals surface area contributed by atoms with Gasteiger partial charge in [0.25, 0.3) is 0 Å². The largest absolute Gasteiger partial charge is 0.486 e. The molecule has 1 N–H and O–H groups in total. The third kappa shape index (κ3) is 2.17. The number of ether oxygens (including phenoxy) is 2. The number of benzene rings is 1. The lowest BCUT2D eigenvalue weighted by molar-refractivity contribution is 0.172. The first kappa shape index (κ1) is 12.8. The number of rotatable bonds is 4. The molecule has 6 nitrogen and oxygen atoms in total. The number of fused-ring (bicyclic) bond motifs is 2. The minimum Gasteiger partial charge on any atom is -0.486 e. The highest BCUT2D eigenvalue weighted by molar-refractivity contribution is 5.81. The van der Waals surface area contributed by atoms with E-state index in [0.717, 1.165) is 41.3 Å². The van der Waals surface area contributed by atoms with Gasteiger partial charge in [0.2, 0.25) is 0 Å². The van der Waals surface area contributed by atoms with Crippen LogP contribution in [0, 0.1) is 11.3 Å². The van der Waals surface area contributed by atoms with Crippen LogP contribution in [0.25, 0.3) is 11.0 Å². The second kappa shape index (κ2) is 5.39. The lowest BCUT2D eigenvalue weighted by Gasteiger charge is -2.18. The molecule has 0 saturated carbocycles. The van der Waals surface area contributed by atoms with Crippen LogP contribution < -0.4 is 14.8 Å². The Morgan fingerprint density at radius 3 is 2.80 bits per heavy atom. The zero-order chi connectivity index (χ0) is 13.9. The van der Waals surface area contributed by atoms with Crippen LogP contribution in [0.3, 0.4) is 0 Å². The van der Waals surface area contributed by atoms with E-state index in [1.54, 1.807) is 0 Å². The molecular weight excluding hydrogens is 256 g/mol. The van der Waals surface area contributed by atoms with Gasteiger partial charge in [0.1, 0.15) is 25.6 Å². The Hall–Kier alpha value is -2.26. The maximum atomic E-state index is 9.02. The van der Waals surface area contributed by atoms with E-state index in [2.05, 4.69) is 16.4 Å². The smallest absolute Gasteiger partial charge is 0.163 e. The Balaban J connectivity index is 2.10. The number of likely N-dealkylation sites (N-methyl/N-ethyl adjacent to an activating group) is 1. The molecule has 0 bridgehead atoms. The van der Waals surface area contributed by atoms with Gasteiger partial charge in [-0.25, -0.2) is 4.98 Å². The van der Waals surface area contributed by atoms with E-state index < -0.39 is 0 Å². The van der Waals surface area contributed by atoms with Gasteiger partial charge in [0, 0.05) is 25.1 Å². The molecule has 1 aliphatic heterocycles. The molecule has 0 spiro atoms. The minimum atomic E-state index is 0.287. The molecule has 0 radical (unpaired) electrons. The monoisotopic (exact) mass is 272 g/mol. The number of nitriles is 1. The summed E-state index contributed by atoms with van der Waals surface area (Å²) < 4.78 is 13.1. The Bertz CT molecular complexity index is 672. The lowest BCUT2D eigenvalue weighted by Crippen LogP contribution is -2.15. The van der Waals surface area contributed by atoms with Crippen molar-refractivity contribution < 1.29 is 9.47 Å². The summed E-state index contributed by atoms with van der Waals surface area (Å²) in [5, 5.41) is 12.1. The van der Waals surface area contributed by atoms with Crippen molar-refractivity contribution in [1.82, 2.24) is 14.9 Å². The topological polar surface area (TPSA) is 72.1 Å². The predicted octanol–water partition coefficient (Wildman–Crippen LogP) is 1.09. The second-order valence-corrected chi connectivity index (χ2v) is 4.61. The SMILES string of the molecule is CNCCc1nc2cc3c(cc2n1CC#N)OCCO3. The first-order valence-electron chi connectivity index (χ1n) is 6.64. The molecule has 1 aromatic carbocycles. The van der Waals surface area contributed by atoms with Crippen LogP contribution in [0.15, 0.2) is 12.1 Å². The summed E-state index contributed by atoms with van der Waals surface area (Å²) >= 11 is 0. The van der Waals surface area contributed by atoms with Crippen molar-refractivity contribution in [2.45, 2.75) is 13.0 Å². The number of hydrogen-bond donors (Lipinski definition) is 1. The molecule has 0 fully saturated rings. The van der Waals surface area contributed by atoms with Crippen molar-refractivity contribution in [3.8, 4) is 17.6 Å². The van der Waals surface area contributed by atoms with Gasteiger partial charge in [0.15, 0.2) is 11.5 Å². The van der Waals surface area contributed by atoms with Crippen LogP contribution in [0.1, 0.15) is 5.82 Å². The number of hydrogen-bond acceptors (Lipinski definition) is 5.